The molecule has 1 atom stereocenters. The summed E-state index contributed by atoms with van der Waals surface area (Å²) in [5.41, 5.74) is -0.575. The molecule has 1 fully saturated rings. The first-order valence-electron chi connectivity index (χ1n) is 3.40. The maximum Gasteiger partial charge on any atom is 1.00 e. The van der Waals surface area contributed by atoms with E-state index in [-0.39, 0.29) is 58.0 Å². The van der Waals surface area contributed by atoms with Crippen LogP contribution in [0.15, 0.2) is 0 Å². The maximum absolute atomic E-state index is 10.6. The number of nitrogens with zero attached hydrogens (tertiary/aromatic N) is 2. The van der Waals surface area contributed by atoms with E-state index in [4.69, 9.17) is 5.26 Å². The van der Waals surface area contributed by atoms with Gasteiger partial charge in [0.1, 0.15) is 0 Å². The quantitative estimate of drug-likeness (QED) is 0.387. The zero-order valence-electron chi connectivity index (χ0n) is 7.13. The molecule has 1 heterocycles. The van der Waals surface area contributed by atoms with Crippen LogP contribution >= 0.6 is 0 Å². The summed E-state index contributed by atoms with van der Waals surface area (Å²) in [5.74, 6) is 0. The fourth-order valence-electron chi connectivity index (χ4n) is 1.32. The van der Waals surface area contributed by atoms with Crippen molar-refractivity contribution >= 4 is 0 Å². The van der Waals surface area contributed by atoms with Crippen molar-refractivity contribution in [1.29, 1.82) is 5.26 Å². The van der Waals surface area contributed by atoms with Crippen LogP contribution in [0, 0.1) is 16.7 Å². The van der Waals surface area contributed by atoms with Crippen molar-refractivity contribution in [2.75, 3.05) is 26.7 Å². The van der Waals surface area contributed by atoms with Gasteiger partial charge in [0.2, 0.25) is 0 Å². The SMILES string of the molecule is CN1CCC(C#N)(C[O-])C1.[K+]. The molecule has 0 radical (unpaired) electrons. The summed E-state index contributed by atoms with van der Waals surface area (Å²) in [6.07, 6.45) is 0.740. The number of nitriles is 1. The molecule has 0 aliphatic carbocycles. The molecule has 0 spiro atoms. The molecule has 1 rings (SSSR count). The normalized spacial score (nSPS) is 31.0. The van der Waals surface area contributed by atoms with Gasteiger partial charge in [-0.05, 0) is 20.0 Å². The van der Waals surface area contributed by atoms with Crippen molar-refractivity contribution in [3.63, 3.8) is 0 Å². The summed E-state index contributed by atoms with van der Waals surface area (Å²) in [4.78, 5) is 2.03. The molecule has 0 saturated carbocycles. The zero-order chi connectivity index (χ0) is 7.61. The van der Waals surface area contributed by atoms with Crippen LogP contribution in [0.3, 0.4) is 0 Å². The van der Waals surface area contributed by atoms with Gasteiger partial charge in [0.15, 0.2) is 0 Å². The third-order valence-electron chi connectivity index (χ3n) is 2.06. The molecule has 1 aliphatic heterocycles. The molecule has 3 nitrogen and oxygen atoms in total. The Balaban J connectivity index is 0.000001000. The monoisotopic (exact) mass is 178 g/mol. The van der Waals surface area contributed by atoms with Crippen LogP contribution in [0.25, 0.3) is 0 Å². The van der Waals surface area contributed by atoms with Crippen LogP contribution in [0.2, 0.25) is 0 Å². The second-order valence-corrected chi connectivity index (χ2v) is 3.02. The molecule has 0 amide bonds. The van der Waals surface area contributed by atoms with Gasteiger partial charge in [0.25, 0.3) is 0 Å². The van der Waals surface area contributed by atoms with Gasteiger partial charge < -0.3 is 10.0 Å². The van der Waals surface area contributed by atoms with Gasteiger partial charge in [-0.3, -0.25) is 0 Å². The van der Waals surface area contributed by atoms with Gasteiger partial charge in [-0.2, -0.15) is 5.26 Å². The van der Waals surface area contributed by atoms with Gasteiger partial charge in [0.05, 0.1) is 11.5 Å². The van der Waals surface area contributed by atoms with Crippen molar-refractivity contribution in [3.8, 4) is 6.07 Å². The third kappa shape index (κ3) is 2.78. The van der Waals surface area contributed by atoms with Gasteiger partial charge >= 0.3 is 51.4 Å². The Morgan fingerprint density at radius 1 is 1.73 bits per heavy atom. The Labute approximate surface area is 110 Å². The fourth-order valence-corrected chi connectivity index (χ4v) is 1.32. The first-order chi connectivity index (χ1) is 4.72. The molecule has 0 aromatic heterocycles. The summed E-state index contributed by atoms with van der Waals surface area (Å²) >= 11 is 0. The van der Waals surface area contributed by atoms with Crippen LogP contribution < -0.4 is 56.5 Å². The Morgan fingerprint density at radius 2 is 2.36 bits per heavy atom. The van der Waals surface area contributed by atoms with E-state index in [9.17, 15) is 5.11 Å². The first kappa shape index (κ1) is 12.0. The molecule has 4 heteroatoms. The van der Waals surface area contributed by atoms with Crippen molar-refractivity contribution < 1.29 is 56.5 Å². The minimum atomic E-state index is -0.575. The van der Waals surface area contributed by atoms with Gasteiger partial charge in [-0.25, -0.2) is 0 Å². The van der Waals surface area contributed by atoms with Crippen LogP contribution in [0.4, 0.5) is 0 Å². The van der Waals surface area contributed by atoms with Crippen LogP contribution in [-0.2, 0) is 0 Å². The van der Waals surface area contributed by atoms with E-state index in [2.05, 4.69) is 6.07 Å². The maximum atomic E-state index is 10.6. The number of likely N-dealkylation sites (tertiary alicyclic amines) is 1. The molecule has 56 valence electrons. The number of hydrogen-bond donors (Lipinski definition) is 0. The average Bonchev–Trinajstić information content (AvgIpc) is 2.33. The van der Waals surface area contributed by atoms with E-state index < -0.39 is 5.41 Å². The summed E-state index contributed by atoms with van der Waals surface area (Å²) in [5, 5.41) is 19.2. The van der Waals surface area contributed by atoms with Gasteiger partial charge in [0, 0.05) is 6.54 Å². The molecule has 0 bridgehead atoms. The van der Waals surface area contributed by atoms with Gasteiger partial charge in [-0.15, -0.1) is 6.61 Å². The summed E-state index contributed by atoms with van der Waals surface area (Å²) in [7, 11) is 1.94. The van der Waals surface area contributed by atoms with E-state index >= 15 is 0 Å². The van der Waals surface area contributed by atoms with Crippen LogP contribution in [0.1, 0.15) is 6.42 Å². The predicted molar refractivity (Wildman–Crippen MR) is 35.0 cm³/mol. The second kappa shape index (κ2) is 4.92. The minimum absolute atomic E-state index is 0. The average molecular weight is 178 g/mol. The van der Waals surface area contributed by atoms with Crippen molar-refractivity contribution in [2.45, 2.75) is 6.42 Å². The molecular formula is C7H11KN2O. The van der Waals surface area contributed by atoms with E-state index in [0.717, 1.165) is 13.0 Å². The largest absolute Gasteiger partial charge is 1.00 e. The third-order valence-corrected chi connectivity index (χ3v) is 2.06. The Morgan fingerprint density at radius 3 is 2.55 bits per heavy atom. The van der Waals surface area contributed by atoms with Crippen molar-refractivity contribution in [1.82, 2.24) is 4.90 Å². The molecule has 0 aromatic rings. The Bertz CT molecular complexity index is 168. The number of hydrogen-bond acceptors (Lipinski definition) is 3. The number of rotatable bonds is 1. The molecule has 0 N–H and O–H groups in total. The van der Waals surface area contributed by atoms with E-state index in [1.807, 2.05) is 11.9 Å². The summed E-state index contributed by atoms with van der Waals surface area (Å²) in [6.45, 7) is 1.27. The van der Waals surface area contributed by atoms with Gasteiger partial charge in [-0.1, -0.05) is 0 Å². The van der Waals surface area contributed by atoms with E-state index in [1.54, 1.807) is 0 Å². The summed E-state index contributed by atoms with van der Waals surface area (Å²) < 4.78 is 0. The smallest absolute Gasteiger partial charge is 0.853 e. The molecule has 0 aromatic carbocycles. The van der Waals surface area contributed by atoms with Crippen LogP contribution in [0.5, 0.6) is 0 Å². The molecule has 1 aliphatic rings. The van der Waals surface area contributed by atoms with E-state index in [1.165, 1.54) is 0 Å². The Kier molecular flexibility index (Phi) is 5.39. The summed E-state index contributed by atoms with van der Waals surface area (Å²) in [6, 6.07) is 2.10. The Hall–Kier alpha value is 1.05. The fraction of sp³-hybridized carbons (Fsp3) is 0.857. The minimum Gasteiger partial charge on any atom is -0.853 e. The first-order valence-corrected chi connectivity index (χ1v) is 3.40. The van der Waals surface area contributed by atoms with Crippen molar-refractivity contribution in [3.05, 3.63) is 0 Å². The standard InChI is InChI=1S/C7H11N2O.K/c1-9-3-2-7(4-8,5-9)6-10;/h2-3,5-6H2,1H3;/q-1;+1. The van der Waals surface area contributed by atoms with Crippen molar-refractivity contribution in [2.24, 2.45) is 5.41 Å². The molecular weight excluding hydrogens is 167 g/mol. The molecule has 1 unspecified atom stereocenters. The molecule has 1 saturated heterocycles. The van der Waals surface area contributed by atoms with E-state index in [0.29, 0.717) is 6.54 Å². The second-order valence-electron chi connectivity index (χ2n) is 3.02. The molecule has 11 heavy (non-hydrogen) atoms. The zero-order valence-corrected chi connectivity index (χ0v) is 10.3. The predicted octanol–water partition coefficient (Wildman–Crippen LogP) is -3.80. The topological polar surface area (TPSA) is 50.1 Å². The van der Waals surface area contributed by atoms with Crippen LogP contribution in [-0.4, -0.2) is 31.6 Å².